The van der Waals surface area contributed by atoms with Gasteiger partial charge in [0.25, 0.3) is 5.91 Å². The highest BCUT2D eigenvalue weighted by molar-refractivity contribution is 5.93. The number of benzene rings is 1. The maximum atomic E-state index is 12.6. The predicted molar refractivity (Wildman–Crippen MR) is 105 cm³/mol. The molecule has 2 aromatic heterocycles. The molecule has 0 unspecified atom stereocenters. The summed E-state index contributed by atoms with van der Waals surface area (Å²) in [7, 11) is 1.62. The fraction of sp³-hybridized carbons (Fsp3) is 0.421. The van der Waals surface area contributed by atoms with Crippen molar-refractivity contribution in [1.29, 1.82) is 0 Å². The molecule has 3 heterocycles. The fourth-order valence-electron chi connectivity index (χ4n) is 3.44. The van der Waals surface area contributed by atoms with E-state index in [9.17, 15) is 4.79 Å². The summed E-state index contributed by atoms with van der Waals surface area (Å²) in [5.41, 5.74) is 1.99. The third-order valence-electron chi connectivity index (χ3n) is 5.09. The van der Waals surface area contributed by atoms with Crippen molar-refractivity contribution in [2.45, 2.75) is 32.4 Å². The number of nitrogens with zero attached hydrogens (tertiary/aromatic N) is 5. The average molecular weight is 396 g/mol. The van der Waals surface area contributed by atoms with Crippen molar-refractivity contribution in [3.63, 3.8) is 0 Å². The first-order chi connectivity index (χ1) is 14.2. The smallest absolute Gasteiger partial charge is 0.274 e. The molecule has 29 heavy (non-hydrogen) atoms. The summed E-state index contributed by atoms with van der Waals surface area (Å²) in [6.07, 6.45) is 1.97. The Balaban J connectivity index is 1.38. The van der Waals surface area contributed by atoms with E-state index in [1.807, 2.05) is 35.9 Å². The second-order valence-electron chi connectivity index (χ2n) is 6.97. The minimum absolute atomic E-state index is 0.224. The summed E-state index contributed by atoms with van der Waals surface area (Å²) >= 11 is 0. The molecule has 0 saturated carbocycles. The molecule has 4 rings (SSSR count). The molecule has 1 aliphatic heterocycles. The van der Waals surface area contributed by atoms with Gasteiger partial charge in [-0.1, -0.05) is 5.21 Å². The second kappa shape index (κ2) is 8.39. The summed E-state index contributed by atoms with van der Waals surface area (Å²) in [6, 6.07) is 7.75. The lowest BCUT2D eigenvalue weighted by Gasteiger charge is -2.23. The summed E-state index contributed by atoms with van der Waals surface area (Å²) < 4.78 is 7.02. The Hall–Kier alpha value is -3.27. The van der Waals surface area contributed by atoms with Gasteiger partial charge in [-0.25, -0.2) is 9.67 Å². The molecule has 0 aliphatic carbocycles. The van der Waals surface area contributed by atoms with E-state index in [1.165, 1.54) is 0 Å². The van der Waals surface area contributed by atoms with Crippen LogP contribution in [0, 0.1) is 6.92 Å². The summed E-state index contributed by atoms with van der Waals surface area (Å²) in [5, 5.41) is 21.5. The standard InChI is InChI=1S/C19H24N8O2/c1-12-17(24-26-27(12)14-7-9-20-10-8-14)19(28)21-11-16-22-18(25-23-16)13-3-5-15(29-2)6-4-13/h3-6,14,20H,7-11H2,1-2H3,(H,21,28)(H,22,23,25). The number of carbonyl (C=O) groups excluding carboxylic acids is 1. The molecule has 3 N–H and O–H groups in total. The molecule has 152 valence electrons. The second-order valence-corrected chi connectivity index (χ2v) is 6.97. The number of rotatable bonds is 6. The van der Waals surface area contributed by atoms with Gasteiger partial charge in [0.15, 0.2) is 11.5 Å². The van der Waals surface area contributed by atoms with Gasteiger partial charge in [-0.15, -0.1) is 5.10 Å². The molecule has 0 bridgehead atoms. The van der Waals surface area contributed by atoms with Crippen LogP contribution >= 0.6 is 0 Å². The van der Waals surface area contributed by atoms with E-state index < -0.39 is 0 Å². The molecule has 1 amide bonds. The maximum absolute atomic E-state index is 12.6. The van der Waals surface area contributed by atoms with Crippen LogP contribution in [0.15, 0.2) is 24.3 Å². The maximum Gasteiger partial charge on any atom is 0.274 e. The Morgan fingerprint density at radius 2 is 2.03 bits per heavy atom. The van der Waals surface area contributed by atoms with E-state index in [-0.39, 0.29) is 18.5 Å². The van der Waals surface area contributed by atoms with Gasteiger partial charge >= 0.3 is 0 Å². The van der Waals surface area contributed by atoms with Gasteiger partial charge in [0.05, 0.1) is 25.4 Å². The first-order valence-electron chi connectivity index (χ1n) is 9.62. The summed E-state index contributed by atoms with van der Waals surface area (Å²) in [5.74, 6) is 1.62. The number of aromatic amines is 1. The lowest BCUT2D eigenvalue weighted by Crippen LogP contribution is -2.30. The van der Waals surface area contributed by atoms with E-state index >= 15 is 0 Å². The molecule has 3 aromatic rings. The molecule has 10 nitrogen and oxygen atoms in total. The molecule has 0 atom stereocenters. The fourth-order valence-corrected chi connectivity index (χ4v) is 3.44. The number of piperidine rings is 1. The van der Waals surface area contributed by atoms with E-state index in [2.05, 4.69) is 36.1 Å². The summed E-state index contributed by atoms with van der Waals surface area (Å²) in [6.45, 7) is 4.01. The molecule has 1 saturated heterocycles. The Labute approximate surface area is 168 Å². The molecular formula is C19H24N8O2. The Morgan fingerprint density at radius 3 is 2.76 bits per heavy atom. The van der Waals surface area contributed by atoms with Crippen LogP contribution in [0.1, 0.15) is 40.9 Å². The highest BCUT2D eigenvalue weighted by atomic mass is 16.5. The normalized spacial score (nSPS) is 14.7. The van der Waals surface area contributed by atoms with Crippen LogP contribution in [-0.2, 0) is 6.54 Å². The van der Waals surface area contributed by atoms with Crippen molar-refractivity contribution in [2.24, 2.45) is 0 Å². The molecule has 1 fully saturated rings. The minimum atomic E-state index is -0.273. The van der Waals surface area contributed by atoms with Crippen LogP contribution < -0.4 is 15.4 Å². The third-order valence-corrected chi connectivity index (χ3v) is 5.09. The number of hydrogen-bond donors (Lipinski definition) is 3. The van der Waals surface area contributed by atoms with Crippen molar-refractivity contribution < 1.29 is 9.53 Å². The number of carbonyl (C=O) groups is 1. The zero-order chi connectivity index (χ0) is 20.2. The molecule has 10 heteroatoms. The molecule has 0 spiro atoms. The number of ether oxygens (including phenoxy) is 1. The van der Waals surface area contributed by atoms with Gasteiger partial charge in [0, 0.05) is 5.56 Å². The highest BCUT2D eigenvalue weighted by Gasteiger charge is 2.23. The zero-order valence-electron chi connectivity index (χ0n) is 16.5. The van der Waals surface area contributed by atoms with Gasteiger partial charge < -0.3 is 15.4 Å². The number of aromatic nitrogens is 6. The Bertz CT molecular complexity index is 973. The first-order valence-corrected chi connectivity index (χ1v) is 9.62. The van der Waals surface area contributed by atoms with Crippen LogP contribution in [-0.4, -0.2) is 56.3 Å². The molecule has 1 aliphatic rings. The lowest BCUT2D eigenvalue weighted by molar-refractivity contribution is 0.0944. The van der Waals surface area contributed by atoms with Crippen LogP contribution in [0.4, 0.5) is 0 Å². The van der Waals surface area contributed by atoms with Gasteiger partial charge in [-0.05, 0) is 57.1 Å². The highest BCUT2D eigenvalue weighted by Crippen LogP contribution is 2.21. The van der Waals surface area contributed by atoms with Gasteiger partial charge in [-0.3, -0.25) is 9.89 Å². The Kier molecular flexibility index (Phi) is 5.52. The zero-order valence-corrected chi connectivity index (χ0v) is 16.5. The predicted octanol–water partition coefficient (Wildman–Crippen LogP) is 1.23. The van der Waals surface area contributed by atoms with Crippen LogP contribution in [0.25, 0.3) is 11.4 Å². The van der Waals surface area contributed by atoms with E-state index in [0.29, 0.717) is 17.3 Å². The topological polar surface area (TPSA) is 123 Å². The van der Waals surface area contributed by atoms with Crippen molar-refractivity contribution in [3.05, 3.63) is 41.5 Å². The van der Waals surface area contributed by atoms with E-state index in [4.69, 9.17) is 4.74 Å². The van der Waals surface area contributed by atoms with Crippen molar-refractivity contribution in [2.75, 3.05) is 20.2 Å². The number of nitrogens with one attached hydrogen (secondary N) is 3. The van der Waals surface area contributed by atoms with Crippen molar-refractivity contribution in [3.8, 4) is 17.1 Å². The van der Waals surface area contributed by atoms with Crippen LogP contribution in [0.3, 0.4) is 0 Å². The van der Waals surface area contributed by atoms with Crippen LogP contribution in [0.5, 0.6) is 5.75 Å². The average Bonchev–Trinajstić information content (AvgIpc) is 3.39. The first kappa shape index (κ1) is 19.1. The number of amides is 1. The number of H-pyrrole nitrogens is 1. The van der Waals surface area contributed by atoms with Crippen molar-refractivity contribution in [1.82, 2.24) is 40.8 Å². The Morgan fingerprint density at radius 1 is 1.28 bits per heavy atom. The molecule has 1 aromatic carbocycles. The van der Waals surface area contributed by atoms with Crippen LogP contribution in [0.2, 0.25) is 0 Å². The van der Waals surface area contributed by atoms with Crippen molar-refractivity contribution >= 4 is 5.91 Å². The quantitative estimate of drug-likeness (QED) is 0.573. The minimum Gasteiger partial charge on any atom is -0.497 e. The lowest BCUT2D eigenvalue weighted by atomic mass is 10.1. The molecule has 0 radical (unpaired) electrons. The van der Waals surface area contributed by atoms with E-state index in [1.54, 1.807) is 7.11 Å². The number of methoxy groups -OCH3 is 1. The largest absolute Gasteiger partial charge is 0.497 e. The van der Waals surface area contributed by atoms with Gasteiger partial charge in [0.2, 0.25) is 0 Å². The number of hydrogen-bond acceptors (Lipinski definition) is 7. The SMILES string of the molecule is COc1ccc(-c2n[nH]c(CNC(=O)c3nnn(C4CCNCC4)c3C)n2)cc1. The van der Waals surface area contributed by atoms with Gasteiger partial charge in [0.1, 0.15) is 11.6 Å². The molecular weight excluding hydrogens is 372 g/mol. The summed E-state index contributed by atoms with van der Waals surface area (Å²) in [4.78, 5) is 17.0. The van der Waals surface area contributed by atoms with Gasteiger partial charge in [-0.2, -0.15) is 5.10 Å². The van der Waals surface area contributed by atoms with E-state index in [0.717, 1.165) is 42.9 Å². The monoisotopic (exact) mass is 396 g/mol. The third kappa shape index (κ3) is 4.11.